The molecule has 0 radical (unpaired) electrons. The number of amides is 1. The number of ether oxygens (including phenoxy) is 2. The van der Waals surface area contributed by atoms with Crippen molar-refractivity contribution in [3.63, 3.8) is 0 Å². The highest BCUT2D eigenvalue weighted by atomic mass is 32.2. The van der Waals surface area contributed by atoms with E-state index >= 15 is 0 Å². The van der Waals surface area contributed by atoms with Crippen molar-refractivity contribution in [1.29, 1.82) is 0 Å². The molecule has 0 fully saturated rings. The molecular formula is C27H28N2O7S. The van der Waals surface area contributed by atoms with Crippen LogP contribution < -0.4 is 4.74 Å². The minimum absolute atomic E-state index is 0.0738. The van der Waals surface area contributed by atoms with Crippen molar-refractivity contribution in [2.24, 2.45) is 4.40 Å². The number of aromatic hydroxyl groups is 1. The normalized spacial score (nSPS) is 17.8. The molecule has 0 aliphatic carbocycles. The van der Waals surface area contributed by atoms with Crippen LogP contribution in [0, 0.1) is 0 Å². The standard InChI is InChI=1S/C27H28N2O7S/c1-4-6-19-22-10-9-18(25(19)33)21(31)14-29-13-16-11-15(7-8-17(16)27(29)34)24(28-37-3)26(36-22)20(30)12-23(32)35-5-2/h7-11,26,33H,4-6,12-14H2,1-3H3/b28-24+. The summed E-state index contributed by atoms with van der Waals surface area (Å²) < 4.78 is 15.7. The van der Waals surface area contributed by atoms with E-state index in [1.54, 1.807) is 31.4 Å². The van der Waals surface area contributed by atoms with E-state index in [1.165, 1.54) is 17.0 Å². The van der Waals surface area contributed by atoms with Crippen molar-refractivity contribution in [3.05, 3.63) is 58.1 Å². The van der Waals surface area contributed by atoms with Gasteiger partial charge >= 0.3 is 5.97 Å². The number of hydrogen-bond donors (Lipinski definition) is 1. The molecule has 2 aromatic rings. The van der Waals surface area contributed by atoms with Crippen LogP contribution in [0.4, 0.5) is 0 Å². The van der Waals surface area contributed by atoms with Gasteiger partial charge in [-0.05, 0) is 55.1 Å². The second-order valence-corrected chi connectivity index (χ2v) is 9.30. The summed E-state index contributed by atoms with van der Waals surface area (Å²) >= 11 is 1.12. The van der Waals surface area contributed by atoms with E-state index in [4.69, 9.17) is 9.47 Å². The molecule has 37 heavy (non-hydrogen) atoms. The van der Waals surface area contributed by atoms with Crippen LogP contribution in [0.1, 0.15) is 64.1 Å². The van der Waals surface area contributed by atoms with E-state index < -0.39 is 30.1 Å². The molecule has 3 aliphatic heterocycles. The number of ketones is 2. The quantitative estimate of drug-likeness (QED) is 0.332. The van der Waals surface area contributed by atoms with Gasteiger partial charge in [-0.15, -0.1) is 0 Å². The van der Waals surface area contributed by atoms with Crippen molar-refractivity contribution in [1.82, 2.24) is 4.90 Å². The second kappa shape index (κ2) is 11.2. The Morgan fingerprint density at radius 3 is 2.62 bits per heavy atom. The first kappa shape index (κ1) is 26.4. The number of phenolic OH excluding ortho intramolecular Hbond substituents is 1. The highest BCUT2D eigenvalue weighted by Crippen LogP contribution is 2.35. The summed E-state index contributed by atoms with van der Waals surface area (Å²) in [6.07, 6.45) is 0.900. The van der Waals surface area contributed by atoms with E-state index in [2.05, 4.69) is 4.40 Å². The summed E-state index contributed by atoms with van der Waals surface area (Å²) in [7, 11) is 0. The molecule has 5 rings (SSSR count). The number of benzene rings is 2. The maximum Gasteiger partial charge on any atom is 0.313 e. The molecule has 1 unspecified atom stereocenters. The lowest BCUT2D eigenvalue weighted by Crippen LogP contribution is -2.38. The average molecular weight is 525 g/mol. The predicted molar refractivity (Wildman–Crippen MR) is 138 cm³/mol. The zero-order valence-electron chi connectivity index (χ0n) is 20.9. The highest BCUT2D eigenvalue weighted by Gasteiger charge is 2.35. The van der Waals surface area contributed by atoms with Crippen LogP contribution in [0.5, 0.6) is 11.5 Å². The van der Waals surface area contributed by atoms with Gasteiger partial charge in [0, 0.05) is 29.5 Å². The first-order valence-electron chi connectivity index (χ1n) is 12.1. The van der Waals surface area contributed by atoms with Gasteiger partial charge in [-0.3, -0.25) is 19.2 Å². The third kappa shape index (κ3) is 5.24. The van der Waals surface area contributed by atoms with Crippen molar-refractivity contribution >= 4 is 41.1 Å². The van der Waals surface area contributed by atoms with Crippen LogP contribution >= 0.6 is 11.9 Å². The summed E-state index contributed by atoms with van der Waals surface area (Å²) in [4.78, 5) is 53.2. The lowest BCUT2D eigenvalue weighted by Gasteiger charge is -2.23. The number of rotatable bonds is 7. The van der Waals surface area contributed by atoms with E-state index in [0.717, 1.165) is 11.9 Å². The molecule has 9 nitrogen and oxygen atoms in total. The number of phenols is 1. The summed E-state index contributed by atoms with van der Waals surface area (Å²) in [6.45, 7) is 3.70. The van der Waals surface area contributed by atoms with Crippen LogP contribution in [0.2, 0.25) is 0 Å². The van der Waals surface area contributed by atoms with Crippen molar-refractivity contribution in [2.75, 3.05) is 19.4 Å². The topological polar surface area (TPSA) is 123 Å². The molecule has 0 saturated carbocycles. The van der Waals surface area contributed by atoms with Crippen molar-refractivity contribution < 1.29 is 33.8 Å². The number of esters is 1. The predicted octanol–water partition coefficient (Wildman–Crippen LogP) is 3.53. The van der Waals surface area contributed by atoms with Gasteiger partial charge in [-0.2, -0.15) is 0 Å². The third-order valence-electron chi connectivity index (χ3n) is 6.25. The number of nitrogens with zero attached hydrogens (tertiary/aromatic N) is 2. The Morgan fingerprint density at radius 2 is 1.92 bits per heavy atom. The van der Waals surface area contributed by atoms with Gasteiger partial charge in [-0.25, -0.2) is 4.40 Å². The zero-order valence-corrected chi connectivity index (χ0v) is 21.7. The Hall–Kier alpha value is -3.66. The minimum Gasteiger partial charge on any atom is -0.507 e. The Balaban J connectivity index is 1.92. The summed E-state index contributed by atoms with van der Waals surface area (Å²) in [5, 5.41) is 11.1. The largest absolute Gasteiger partial charge is 0.507 e. The van der Waals surface area contributed by atoms with Crippen LogP contribution in [0.25, 0.3) is 0 Å². The Labute approximate surface area is 219 Å². The SMILES string of the molecule is CCCc1c2ccc(c1O)C(=O)CN1Cc3cc(ccc3C1=O)/C(=N\SC)C(C(=O)CC(=O)OCC)O2. The molecule has 10 heteroatoms. The van der Waals surface area contributed by atoms with E-state index in [1.807, 2.05) is 6.92 Å². The number of fused-ring (bicyclic) bond motifs is 5. The van der Waals surface area contributed by atoms with Gasteiger partial charge in [0.05, 0.1) is 18.7 Å². The Kier molecular flexibility index (Phi) is 7.97. The maximum atomic E-state index is 13.4. The van der Waals surface area contributed by atoms with Crippen LogP contribution in [-0.2, 0) is 27.3 Å². The summed E-state index contributed by atoms with van der Waals surface area (Å²) in [5.74, 6) is -1.98. The first-order valence-corrected chi connectivity index (χ1v) is 13.2. The molecule has 1 atom stereocenters. The second-order valence-electron chi connectivity index (χ2n) is 8.75. The van der Waals surface area contributed by atoms with E-state index in [0.29, 0.717) is 35.1 Å². The molecule has 0 saturated heterocycles. The molecule has 1 N–H and O–H groups in total. The molecule has 1 amide bonds. The number of carbonyl (C=O) groups is 4. The lowest BCUT2D eigenvalue weighted by molar-refractivity contribution is -0.146. The van der Waals surface area contributed by atoms with Crippen LogP contribution in [0.15, 0.2) is 34.7 Å². The molecule has 194 valence electrons. The molecule has 0 aromatic heterocycles. The molecular weight excluding hydrogens is 496 g/mol. The molecule has 0 spiro atoms. The van der Waals surface area contributed by atoms with Gasteiger partial charge in [0.25, 0.3) is 5.91 Å². The average Bonchev–Trinajstić information content (AvgIpc) is 3.16. The molecule has 5 bridgehead atoms. The molecule has 2 aromatic carbocycles. The Bertz CT molecular complexity index is 1300. The fraction of sp³-hybridized carbons (Fsp3) is 0.370. The summed E-state index contributed by atoms with van der Waals surface area (Å²) in [6, 6.07) is 8.05. The smallest absolute Gasteiger partial charge is 0.313 e. The van der Waals surface area contributed by atoms with Crippen molar-refractivity contribution in [3.8, 4) is 11.5 Å². The highest BCUT2D eigenvalue weighted by molar-refractivity contribution is 7.97. The Morgan fingerprint density at radius 1 is 1.16 bits per heavy atom. The summed E-state index contributed by atoms with van der Waals surface area (Å²) in [5.41, 5.74) is 2.40. The number of carbonyl (C=O) groups excluding carboxylic acids is 4. The van der Waals surface area contributed by atoms with Gasteiger partial charge in [-0.1, -0.05) is 19.4 Å². The van der Waals surface area contributed by atoms with E-state index in [-0.39, 0.29) is 48.4 Å². The van der Waals surface area contributed by atoms with Crippen LogP contribution in [0.3, 0.4) is 0 Å². The fourth-order valence-electron chi connectivity index (χ4n) is 4.57. The maximum absolute atomic E-state index is 13.4. The molecule has 3 heterocycles. The van der Waals surface area contributed by atoms with Crippen LogP contribution in [-0.4, -0.2) is 64.7 Å². The monoisotopic (exact) mass is 524 g/mol. The lowest BCUT2D eigenvalue weighted by atomic mass is 9.96. The fourth-order valence-corrected chi connectivity index (χ4v) is 4.97. The molecule has 3 aliphatic rings. The number of hydrogen-bond acceptors (Lipinski definition) is 9. The number of Topliss-reactive ketones (excluding diaryl/α,β-unsaturated/α-hetero) is 2. The van der Waals surface area contributed by atoms with Gasteiger partial charge in [0.2, 0.25) is 6.10 Å². The third-order valence-corrected chi connectivity index (χ3v) is 6.63. The first-order chi connectivity index (χ1) is 17.8. The van der Waals surface area contributed by atoms with Gasteiger partial charge < -0.3 is 19.5 Å². The van der Waals surface area contributed by atoms with E-state index in [9.17, 15) is 24.3 Å². The van der Waals surface area contributed by atoms with Crippen molar-refractivity contribution in [2.45, 2.75) is 45.8 Å². The zero-order chi connectivity index (χ0) is 26.7. The van der Waals surface area contributed by atoms with Gasteiger partial charge in [0.1, 0.15) is 23.6 Å². The minimum atomic E-state index is -1.30. The van der Waals surface area contributed by atoms with Gasteiger partial charge in [0.15, 0.2) is 11.6 Å².